The standard InChI is InChI=1S/C19H20N6OS2/c1-3-10-25-15(21-22-23-25)12-28-19-20-17-16(18(26)24(19)4-2)14(11-27-17)13-8-6-5-7-9-13/h5-9,11H,3-4,10,12H2,1-2H3. The van der Waals surface area contributed by atoms with Gasteiger partial charge in [-0.2, -0.15) is 0 Å². The first kappa shape index (κ1) is 18.8. The third-order valence-corrected chi connectivity index (χ3v) is 6.28. The quantitative estimate of drug-likeness (QED) is 0.339. The van der Waals surface area contributed by atoms with Crippen LogP contribution in [-0.4, -0.2) is 29.8 Å². The van der Waals surface area contributed by atoms with Crippen molar-refractivity contribution >= 4 is 33.3 Å². The molecule has 0 unspecified atom stereocenters. The second-order valence-corrected chi connectivity index (χ2v) is 8.05. The van der Waals surface area contributed by atoms with Crippen LogP contribution in [0.3, 0.4) is 0 Å². The molecule has 1 aromatic carbocycles. The molecule has 0 saturated carbocycles. The Kier molecular flexibility index (Phi) is 5.54. The van der Waals surface area contributed by atoms with Gasteiger partial charge in [-0.05, 0) is 29.3 Å². The van der Waals surface area contributed by atoms with E-state index in [0.29, 0.717) is 22.8 Å². The number of hydrogen-bond donors (Lipinski definition) is 0. The minimum Gasteiger partial charge on any atom is -0.287 e. The Bertz CT molecular complexity index is 1150. The second-order valence-electron chi connectivity index (χ2n) is 6.25. The van der Waals surface area contributed by atoms with Crippen molar-refractivity contribution in [3.05, 3.63) is 51.9 Å². The van der Waals surface area contributed by atoms with Crippen molar-refractivity contribution < 1.29 is 0 Å². The summed E-state index contributed by atoms with van der Waals surface area (Å²) in [5.74, 6) is 1.36. The molecule has 7 nitrogen and oxygen atoms in total. The van der Waals surface area contributed by atoms with Crippen molar-refractivity contribution in [3.8, 4) is 11.1 Å². The molecular weight excluding hydrogens is 392 g/mol. The van der Waals surface area contributed by atoms with Crippen molar-refractivity contribution in [3.63, 3.8) is 0 Å². The molecule has 0 aliphatic carbocycles. The van der Waals surface area contributed by atoms with Gasteiger partial charge in [0.1, 0.15) is 4.83 Å². The van der Waals surface area contributed by atoms with Crippen LogP contribution in [0.1, 0.15) is 26.1 Å². The molecule has 4 rings (SSSR count). The van der Waals surface area contributed by atoms with E-state index in [1.807, 2.05) is 42.6 Å². The fourth-order valence-corrected chi connectivity index (χ4v) is 5.05. The minimum absolute atomic E-state index is 0.00301. The molecule has 0 N–H and O–H groups in total. The summed E-state index contributed by atoms with van der Waals surface area (Å²) in [4.78, 5) is 18.8. The highest BCUT2D eigenvalue weighted by Gasteiger charge is 2.17. The number of hydrogen-bond acceptors (Lipinski definition) is 7. The second kappa shape index (κ2) is 8.24. The van der Waals surface area contributed by atoms with E-state index in [0.717, 1.165) is 34.7 Å². The number of nitrogens with zero attached hydrogens (tertiary/aromatic N) is 6. The number of thiophene rings is 1. The van der Waals surface area contributed by atoms with E-state index in [-0.39, 0.29) is 5.56 Å². The molecule has 9 heteroatoms. The van der Waals surface area contributed by atoms with Gasteiger partial charge in [-0.25, -0.2) is 9.67 Å². The number of thioether (sulfide) groups is 1. The molecule has 0 radical (unpaired) electrons. The lowest BCUT2D eigenvalue weighted by atomic mass is 10.1. The lowest BCUT2D eigenvalue weighted by Gasteiger charge is -2.10. The molecule has 0 atom stereocenters. The highest BCUT2D eigenvalue weighted by atomic mass is 32.2. The van der Waals surface area contributed by atoms with Crippen LogP contribution in [0.5, 0.6) is 0 Å². The van der Waals surface area contributed by atoms with Gasteiger partial charge in [0.2, 0.25) is 0 Å². The summed E-state index contributed by atoms with van der Waals surface area (Å²) in [6.45, 7) is 5.40. The van der Waals surface area contributed by atoms with Gasteiger partial charge in [0.05, 0.1) is 11.1 Å². The van der Waals surface area contributed by atoms with Crippen LogP contribution in [0.2, 0.25) is 0 Å². The molecule has 0 bridgehead atoms. The summed E-state index contributed by atoms with van der Waals surface area (Å²) < 4.78 is 3.54. The number of fused-ring (bicyclic) bond motifs is 1. The van der Waals surface area contributed by atoms with E-state index in [2.05, 4.69) is 22.4 Å². The molecular formula is C19H20N6OS2. The smallest absolute Gasteiger partial charge is 0.263 e. The fraction of sp³-hybridized carbons (Fsp3) is 0.316. The molecule has 0 aliphatic rings. The fourth-order valence-electron chi connectivity index (χ4n) is 3.07. The van der Waals surface area contributed by atoms with Crippen LogP contribution >= 0.6 is 23.1 Å². The van der Waals surface area contributed by atoms with Gasteiger partial charge in [-0.15, -0.1) is 16.4 Å². The van der Waals surface area contributed by atoms with Crippen molar-refractivity contribution in [1.82, 2.24) is 29.8 Å². The molecule has 0 fully saturated rings. The zero-order valence-electron chi connectivity index (χ0n) is 15.7. The third kappa shape index (κ3) is 3.47. The summed E-state index contributed by atoms with van der Waals surface area (Å²) in [6.07, 6.45) is 0.962. The molecule has 144 valence electrons. The first-order valence-corrected chi connectivity index (χ1v) is 11.0. The van der Waals surface area contributed by atoms with Crippen LogP contribution in [0.15, 0.2) is 45.7 Å². The Labute approximate surface area is 170 Å². The summed E-state index contributed by atoms with van der Waals surface area (Å²) in [7, 11) is 0. The van der Waals surface area contributed by atoms with Gasteiger partial charge in [-0.3, -0.25) is 9.36 Å². The van der Waals surface area contributed by atoms with E-state index in [4.69, 9.17) is 4.98 Å². The predicted molar refractivity (Wildman–Crippen MR) is 113 cm³/mol. The Morgan fingerprint density at radius 1 is 1.18 bits per heavy atom. The van der Waals surface area contributed by atoms with Crippen LogP contribution in [-0.2, 0) is 18.8 Å². The largest absolute Gasteiger partial charge is 0.287 e. The Morgan fingerprint density at radius 2 is 2.00 bits per heavy atom. The van der Waals surface area contributed by atoms with Gasteiger partial charge in [-0.1, -0.05) is 49.0 Å². The normalized spacial score (nSPS) is 11.4. The summed E-state index contributed by atoms with van der Waals surface area (Å²) >= 11 is 3.01. The molecule has 0 spiro atoms. The number of rotatable bonds is 7. The molecule has 28 heavy (non-hydrogen) atoms. The lowest BCUT2D eigenvalue weighted by molar-refractivity contribution is 0.564. The predicted octanol–water partition coefficient (Wildman–Crippen LogP) is 3.83. The van der Waals surface area contributed by atoms with Crippen molar-refractivity contribution in [2.45, 2.75) is 44.3 Å². The number of tetrazole rings is 1. The van der Waals surface area contributed by atoms with E-state index in [1.54, 1.807) is 9.25 Å². The first-order chi connectivity index (χ1) is 13.7. The van der Waals surface area contributed by atoms with Gasteiger partial charge in [0.15, 0.2) is 11.0 Å². The zero-order valence-corrected chi connectivity index (χ0v) is 17.3. The third-order valence-electron chi connectivity index (χ3n) is 4.43. The van der Waals surface area contributed by atoms with Crippen molar-refractivity contribution in [2.75, 3.05) is 0 Å². The van der Waals surface area contributed by atoms with Crippen LogP contribution in [0.4, 0.5) is 0 Å². The van der Waals surface area contributed by atoms with Crippen LogP contribution < -0.4 is 5.56 Å². The van der Waals surface area contributed by atoms with E-state index < -0.39 is 0 Å². The Hall–Kier alpha value is -2.52. The van der Waals surface area contributed by atoms with Crippen molar-refractivity contribution in [2.24, 2.45) is 0 Å². The maximum Gasteiger partial charge on any atom is 0.263 e. The summed E-state index contributed by atoms with van der Waals surface area (Å²) in [5.41, 5.74) is 1.99. The average molecular weight is 413 g/mol. The van der Waals surface area contributed by atoms with E-state index >= 15 is 0 Å². The van der Waals surface area contributed by atoms with Crippen LogP contribution in [0.25, 0.3) is 21.3 Å². The maximum atomic E-state index is 13.2. The van der Waals surface area contributed by atoms with Gasteiger partial charge in [0.25, 0.3) is 5.56 Å². The Morgan fingerprint density at radius 3 is 2.75 bits per heavy atom. The lowest BCUT2D eigenvalue weighted by Crippen LogP contribution is -2.22. The maximum absolute atomic E-state index is 13.2. The zero-order chi connectivity index (χ0) is 19.5. The van der Waals surface area contributed by atoms with Gasteiger partial charge >= 0.3 is 0 Å². The molecule has 3 heterocycles. The first-order valence-electron chi connectivity index (χ1n) is 9.18. The minimum atomic E-state index is 0.00301. The van der Waals surface area contributed by atoms with E-state index in [1.165, 1.54) is 23.1 Å². The van der Waals surface area contributed by atoms with E-state index in [9.17, 15) is 4.79 Å². The monoisotopic (exact) mass is 412 g/mol. The van der Waals surface area contributed by atoms with Crippen molar-refractivity contribution in [1.29, 1.82) is 0 Å². The molecule has 0 saturated heterocycles. The molecule has 3 aromatic heterocycles. The topological polar surface area (TPSA) is 78.5 Å². The van der Waals surface area contributed by atoms with Gasteiger partial charge in [0, 0.05) is 24.0 Å². The molecule has 0 aliphatic heterocycles. The highest BCUT2D eigenvalue weighted by molar-refractivity contribution is 7.98. The Balaban J connectivity index is 1.72. The molecule has 4 aromatic rings. The average Bonchev–Trinajstić information content (AvgIpc) is 3.34. The number of aromatic nitrogens is 6. The highest BCUT2D eigenvalue weighted by Crippen LogP contribution is 2.32. The SMILES string of the molecule is CCCn1nnnc1CSc1nc2scc(-c3ccccc3)c2c(=O)n1CC. The summed E-state index contributed by atoms with van der Waals surface area (Å²) in [6, 6.07) is 9.98. The number of aryl methyl sites for hydroxylation is 1. The summed E-state index contributed by atoms with van der Waals surface area (Å²) in [5, 5.41) is 15.3. The number of benzene rings is 1. The molecule has 0 amide bonds. The van der Waals surface area contributed by atoms with Gasteiger partial charge < -0.3 is 0 Å². The van der Waals surface area contributed by atoms with Crippen LogP contribution in [0, 0.1) is 0 Å².